The first-order valence-electron chi connectivity index (χ1n) is 11.6. The number of hydrogen-bond acceptors (Lipinski definition) is 8. The highest BCUT2D eigenvalue weighted by Gasteiger charge is 2.21. The Morgan fingerprint density at radius 2 is 1.77 bits per heavy atom. The van der Waals surface area contributed by atoms with Crippen LogP contribution in [0.15, 0.2) is 21.7 Å². The van der Waals surface area contributed by atoms with Crippen LogP contribution in [-0.4, -0.2) is 49.9 Å². The molecule has 1 heterocycles. The average molecular weight is 492 g/mol. The van der Waals surface area contributed by atoms with Crippen molar-refractivity contribution in [2.75, 3.05) is 45.1 Å². The number of nitrogens with two attached hydrogens (primary N) is 1. The van der Waals surface area contributed by atoms with Crippen molar-refractivity contribution in [1.82, 2.24) is 14.9 Å². The zero-order valence-corrected chi connectivity index (χ0v) is 21.4. The molecule has 35 heavy (non-hydrogen) atoms. The Bertz CT molecular complexity index is 1100. The van der Waals surface area contributed by atoms with Crippen LogP contribution < -0.4 is 41.4 Å². The lowest BCUT2D eigenvalue weighted by atomic mass is 10.1. The van der Waals surface area contributed by atoms with E-state index in [1.165, 1.54) is 25.9 Å². The summed E-state index contributed by atoms with van der Waals surface area (Å²) in [5, 5.41) is 2.86. The molecule has 11 heteroatoms. The Labute approximate surface area is 205 Å². The normalized spacial score (nSPS) is 10.8. The Morgan fingerprint density at radius 3 is 2.29 bits per heavy atom. The molecular formula is C24H37N5O6. The van der Waals surface area contributed by atoms with E-state index in [2.05, 4.69) is 10.3 Å². The van der Waals surface area contributed by atoms with Gasteiger partial charge < -0.3 is 30.2 Å². The standard InChI is InChI=1S/C24H37N5O6/c1-7-8-9-28(20-22(25)29(13-15(2)3)24(32)27-23(20)31)14-19(30)26-12-16-10-17(33-4)21(35-6)18(11-16)34-5/h10-11,15H,7-9,12-14,25H2,1-6H3,(H,26,30)(H,27,31,32). The third-order valence-electron chi connectivity index (χ3n) is 5.41. The Balaban J connectivity index is 2.28. The van der Waals surface area contributed by atoms with Crippen LogP contribution in [0.25, 0.3) is 0 Å². The molecule has 0 bridgehead atoms. The number of carbonyl (C=O) groups excluding carboxylic acids is 1. The molecule has 0 fully saturated rings. The molecule has 0 saturated heterocycles. The number of hydrogen-bond donors (Lipinski definition) is 3. The first-order chi connectivity index (χ1) is 16.7. The summed E-state index contributed by atoms with van der Waals surface area (Å²) in [6.45, 7) is 6.79. The number of aromatic amines is 1. The SMILES string of the molecule is CCCCN(CC(=O)NCc1cc(OC)c(OC)c(OC)c1)c1c(N)n(CC(C)C)c(=O)[nH]c1=O. The van der Waals surface area contributed by atoms with Crippen molar-refractivity contribution in [3.63, 3.8) is 0 Å². The van der Waals surface area contributed by atoms with Gasteiger partial charge in [0, 0.05) is 19.6 Å². The van der Waals surface area contributed by atoms with Crippen molar-refractivity contribution in [2.45, 2.75) is 46.7 Å². The highest BCUT2D eigenvalue weighted by atomic mass is 16.5. The van der Waals surface area contributed by atoms with Crippen molar-refractivity contribution in [2.24, 2.45) is 5.92 Å². The fourth-order valence-corrected chi connectivity index (χ4v) is 3.72. The smallest absolute Gasteiger partial charge is 0.330 e. The van der Waals surface area contributed by atoms with Gasteiger partial charge in [-0.2, -0.15) is 0 Å². The van der Waals surface area contributed by atoms with Gasteiger partial charge in [0.2, 0.25) is 11.7 Å². The molecule has 0 radical (unpaired) electrons. The third-order valence-corrected chi connectivity index (χ3v) is 5.41. The predicted octanol–water partition coefficient (Wildman–Crippen LogP) is 1.72. The quantitative estimate of drug-likeness (QED) is 0.385. The number of rotatable bonds is 13. The van der Waals surface area contributed by atoms with Crippen molar-refractivity contribution in [3.05, 3.63) is 38.5 Å². The Kier molecular flexibility index (Phi) is 10.0. The minimum Gasteiger partial charge on any atom is -0.493 e. The average Bonchev–Trinajstić information content (AvgIpc) is 2.82. The fourth-order valence-electron chi connectivity index (χ4n) is 3.72. The number of aromatic nitrogens is 2. The van der Waals surface area contributed by atoms with E-state index in [-0.39, 0.29) is 36.4 Å². The van der Waals surface area contributed by atoms with Gasteiger partial charge in [-0.05, 0) is 30.0 Å². The molecular weight excluding hydrogens is 454 g/mol. The molecule has 0 aliphatic carbocycles. The summed E-state index contributed by atoms with van der Waals surface area (Å²) in [6.07, 6.45) is 1.59. The summed E-state index contributed by atoms with van der Waals surface area (Å²) in [7, 11) is 4.56. The molecule has 0 saturated carbocycles. The monoisotopic (exact) mass is 491 g/mol. The van der Waals surface area contributed by atoms with E-state index in [0.717, 1.165) is 18.4 Å². The molecule has 0 spiro atoms. The van der Waals surface area contributed by atoms with Gasteiger partial charge in [-0.25, -0.2) is 4.79 Å². The van der Waals surface area contributed by atoms with E-state index in [4.69, 9.17) is 19.9 Å². The topological polar surface area (TPSA) is 141 Å². The first kappa shape index (κ1) is 27.6. The second-order valence-corrected chi connectivity index (χ2v) is 8.58. The summed E-state index contributed by atoms with van der Waals surface area (Å²) in [6, 6.07) is 3.50. The third kappa shape index (κ3) is 6.93. The number of ether oxygens (including phenoxy) is 3. The molecule has 0 unspecified atom stereocenters. The maximum absolute atomic E-state index is 12.9. The number of anilines is 2. The minimum absolute atomic E-state index is 0.0565. The number of nitrogens with one attached hydrogen (secondary N) is 2. The predicted molar refractivity (Wildman–Crippen MR) is 136 cm³/mol. The van der Waals surface area contributed by atoms with Crippen molar-refractivity contribution < 1.29 is 19.0 Å². The van der Waals surface area contributed by atoms with E-state index in [9.17, 15) is 14.4 Å². The molecule has 1 aromatic carbocycles. The number of H-pyrrole nitrogens is 1. The molecule has 0 atom stereocenters. The fraction of sp³-hybridized carbons (Fsp3) is 0.542. The lowest BCUT2D eigenvalue weighted by molar-refractivity contribution is -0.119. The highest BCUT2D eigenvalue weighted by Crippen LogP contribution is 2.38. The lowest BCUT2D eigenvalue weighted by Gasteiger charge is -2.26. The van der Waals surface area contributed by atoms with Crippen LogP contribution in [0.5, 0.6) is 17.2 Å². The zero-order chi connectivity index (χ0) is 26.1. The molecule has 4 N–H and O–H groups in total. The van der Waals surface area contributed by atoms with Gasteiger partial charge in [0.05, 0.1) is 27.9 Å². The number of methoxy groups -OCH3 is 3. The molecule has 1 amide bonds. The van der Waals surface area contributed by atoms with Crippen LogP contribution in [0.1, 0.15) is 39.2 Å². The summed E-state index contributed by atoms with van der Waals surface area (Å²) in [4.78, 5) is 41.9. The van der Waals surface area contributed by atoms with Gasteiger partial charge in [-0.1, -0.05) is 27.2 Å². The van der Waals surface area contributed by atoms with Gasteiger partial charge in [0.1, 0.15) is 11.5 Å². The molecule has 0 aliphatic rings. The van der Waals surface area contributed by atoms with Gasteiger partial charge in [0.15, 0.2) is 11.5 Å². The van der Waals surface area contributed by atoms with Crippen LogP contribution in [0, 0.1) is 5.92 Å². The van der Waals surface area contributed by atoms with Crippen LogP contribution in [-0.2, 0) is 17.9 Å². The van der Waals surface area contributed by atoms with E-state index in [1.807, 2.05) is 20.8 Å². The number of nitrogens with zero attached hydrogens (tertiary/aromatic N) is 2. The number of benzene rings is 1. The van der Waals surface area contributed by atoms with Gasteiger partial charge in [-0.15, -0.1) is 0 Å². The number of amides is 1. The number of nitrogen functional groups attached to an aromatic ring is 1. The first-order valence-corrected chi connectivity index (χ1v) is 11.6. The summed E-state index contributed by atoms with van der Waals surface area (Å²) < 4.78 is 17.4. The van der Waals surface area contributed by atoms with Crippen molar-refractivity contribution in [3.8, 4) is 17.2 Å². The summed E-state index contributed by atoms with van der Waals surface area (Å²) >= 11 is 0. The maximum Gasteiger partial charge on any atom is 0.330 e. The largest absolute Gasteiger partial charge is 0.493 e. The van der Waals surface area contributed by atoms with Gasteiger partial charge >= 0.3 is 5.69 Å². The highest BCUT2D eigenvalue weighted by molar-refractivity contribution is 5.82. The second-order valence-electron chi connectivity index (χ2n) is 8.58. The Hall–Kier alpha value is -3.63. The Morgan fingerprint density at radius 1 is 1.14 bits per heavy atom. The van der Waals surface area contributed by atoms with E-state index in [1.54, 1.807) is 17.0 Å². The van der Waals surface area contributed by atoms with Gasteiger partial charge in [0.25, 0.3) is 5.56 Å². The van der Waals surface area contributed by atoms with Crippen LogP contribution in [0.4, 0.5) is 11.5 Å². The van der Waals surface area contributed by atoms with E-state index in [0.29, 0.717) is 30.3 Å². The van der Waals surface area contributed by atoms with Crippen LogP contribution in [0.2, 0.25) is 0 Å². The molecule has 1 aromatic heterocycles. The van der Waals surface area contributed by atoms with Gasteiger partial charge in [-0.3, -0.25) is 19.1 Å². The lowest BCUT2D eigenvalue weighted by Crippen LogP contribution is -2.43. The van der Waals surface area contributed by atoms with E-state index >= 15 is 0 Å². The summed E-state index contributed by atoms with van der Waals surface area (Å²) in [5.41, 5.74) is 5.97. The molecule has 2 aromatic rings. The molecule has 2 rings (SSSR count). The maximum atomic E-state index is 12.9. The molecule has 11 nitrogen and oxygen atoms in total. The van der Waals surface area contributed by atoms with Crippen LogP contribution in [0.3, 0.4) is 0 Å². The minimum atomic E-state index is -0.610. The summed E-state index contributed by atoms with van der Waals surface area (Å²) in [5.74, 6) is 1.30. The van der Waals surface area contributed by atoms with Crippen molar-refractivity contribution >= 4 is 17.4 Å². The van der Waals surface area contributed by atoms with Crippen molar-refractivity contribution in [1.29, 1.82) is 0 Å². The molecule has 194 valence electrons. The second kappa shape index (κ2) is 12.7. The van der Waals surface area contributed by atoms with E-state index < -0.39 is 11.2 Å². The number of carbonyl (C=O) groups is 1. The number of unbranched alkanes of at least 4 members (excludes halogenated alkanes) is 1. The molecule has 0 aliphatic heterocycles. The zero-order valence-electron chi connectivity index (χ0n) is 21.4. The van der Waals surface area contributed by atoms with Crippen LogP contribution >= 0.6 is 0 Å².